The van der Waals surface area contributed by atoms with Crippen LogP contribution in [0.4, 0.5) is 28.9 Å². The van der Waals surface area contributed by atoms with Gasteiger partial charge in [-0.1, -0.05) is 29.8 Å². The third kappa shape index (κ3) is 2.81. The molecule has 0 N–H and O–H groups in total. The number of hydrogen-bond acceptors (Lipinski definition) is 4. The van der Waals surface area contributed by atoms with Crippen LogP contribution in [0.5, 0.6) is 11.5 Å². The number of carbonyl (C=O) groups is 1. The average Bonchev–Trinajstić information content (AvgIpc) is 3.45. The highest BCUT2D eigenvalue weighted by Gasteiger charge is 2.57. The summed E-state index contributed by atoms with van der Waals surface area (Å²) in [5, 5.41) is 0.267. The number of ether oxygens (including phenoxy) is 2. The molecular weight excluding hydrogens is 510 g/mol. The van der Waals surface area contributed by atoms with Crippen LogP contribution in [0.15, 0.2) is 60.7 Å². The summed E-state index contributed by atoms with van der Waals surface area (Å²) < 4.78 is 70.7. The molecule has 0 fully saturated rings. The number of anilines is 2. The lowest BCUT2D eigenvalue weighted by molar-refractivity contribution is 0.0215. The minimum absolute atomic E-state index is 0.0973. The Hall–Kier alpha value is -4.04. The number of rotatable bonds is 1. The Morgan fingerprint density at radius 1 is 0.838 bits per heavy atom. The third-order valence-electron chi connectivity index (χ3n) is 7.16. The monoisotopic (exact) mass is 523 g/mol. The Labute approximate surface area is 212 Å². The minimum atomic E-state index is -2.12. The van der Waals surface area contributed by atoms with Crippen molar-refractivity contribution in [1.82, 2.24) is 0 Å². The van der Waals surface area contributed by atoms with Gasteiger partial charge in [0.2, 0.25) is 0 Å². The zero-order valence-electron chi connectivity index (χ0n) is 18.7. The molecule has 1 atom stereocenters. The van der Waals surface area contributed by atoms with Crippen molar-refractivity contribution in [3.05, 3.63) is 117 Å². The van der Waals surface area contributed by atoms with E-state index in [0.717, 1.165) is 17.8 Å². The van der Waals surface area contributed by atoms with E-state index in [1.165, 1.54) is 23.8 Å². The molecule has 184 valence electrons. The normalized spacial score (nSPS) is 18.7. The van der Waals surface area contributed by atoms with Crippen LogP contribution in [-0.4, -0.2) is 12.5 Å². The first kappa shape index (κ1) is 22.2. The summed E-state index contributed by atoms with van der Waals surface area (Å²) in [6.07, 6.45) is 0.830. The fourth-order valence-electron chi connectivity index (χ4n) is 5.57. The first-order valence-electron chi connectivity index (χ1n) is 11.4. The van der Waals surface area contributed by atoms with Crippen LogP contribution in [0.2, 0.25) is 5.02 Å². The lowest BCUT2D eigenvalue weighted by atomic mass is 9.77. The summed E-state index contributed by atoms with van der Waals surface area (Å²) in [5.41, 5.74) is -0.714. The van der Waals surface area contributed by atoms with Crippen LogP contribution in [0.25, 0.3) is 0 Å². The highest BCUT2D eigenvalue weighted by molar-refractivity contribution is 6.30. The van der Waals surface area contributed by atoms with Gasteiger partial charge in [-0.2, -0.15) is 0 Å². The van der Waals surface area contributed by atoms with Crippen LogP contribution in [0, 0.1) is 23.3 Å². The van der Waals surface area contributed by atoms with Crippen molar-refractivity contribution in [3.8, 4) is 11.5 Å². The summed E-state index contributed by atoms with van der Waals surface area (Å²) >= 11 is 6.18. The Balaban J connectivity index is 1.51. The van der Waals surface area contributed by atoms with Gasteiger partial charge >= 0.3 is 5.97 Å². The van der Waals surface area contributed by atoms with Crippen molar-refractivity contribution in [2.24, 2.45) is 0 Å². The van der Waals surface area contributed by atoms with Crippen LogP contribution < -0.4 is 9.64 Å². The van der Waals surface area contributed by atoms with Crippen molar-refractivity contribution >= 4 is 28.9 Å². The molecule has 4 aromatic rings. The first-order valence-corrected chi connectivity index (χ1v) is 11.8. The topological polar surface area (TPSA) is 38.8 Å². The van der Waals surface area contributed by atoms with Crippen molar-refractivity contribution < 1.29 is 31.8 Å². The summed E-state index contributed by atoms with van der Waals surface area (Å²) in [7, 11) is 0. The molecule has 0 amide bonds. The number of carbonyl (C=O) groups excluding carboxylic acids is 1. The summed E-state index contributed by atoms with van der Waals surface area (Å²) in [6, 6.07) is 17.2. The maximum absolute atomic E-state index is 15.4. The zero-order valence-corrected chi connectivity index (χ0v) is 19.5. The number of halogens is 5. The minimum Gasteiger partial charge on any atom is -0.456 e. The van der Waals surface area contributed by atoms with E-state index in [1.807, 2.05) is 24.3 Å². The summed E-state index contributed by atoms with van der Waals surface area (Å²) in [4.78, 5) is 15.0. The van der Waals surface area contributed by atoms with Gasteiger partial charge in [0.25, 0.3) is 0 Å². The lowest BCUT2D eigenvalue weighted by Crippen LogP contribution is -2.34. The van der Waals surface area contributed by atoms with E-state index in [2.05, 4.69) is 4.90 Å². The van der Waals surface area contributed by atoms with Gasteiger partial charge in [0.1, 0.15) is 17.1 Å². The molecule has 3 heterocycles. The van der Waals surface area contributed by atoms with E-state index in [-0.39, 0.29) is 27.6 Å². The Bertz CT molecular complexity index is 1690. The van der Waals surface area contributed by atoms with Crippen LogP contribution in [0.3, 0.4) is 0 Å². The zero-order chi connectivity index (χ0) is 25.6. The molecule has 0 saturated carbocycles. The molecule has 0 saturated heterocycles. The van der Waals surface area contributed by atoms with Gasteiger partial charge in [-0.3, -0.25) is 0 Å². The standard InChI is InChI=1S/C28H14ClF4NO3/c29-14-5-7-16-19(11-14)36-20-12-15(34-10-9-13-3-1-2-4-18(13)34)6-8-17(20)28(16)22-21(27(35)37-28)23(30)25(32)26(33)24(22)31/h1-8,11-12H,9-10H2. The van der Waals surface area contributed by atoms with E-state index in [9.17, 15) is 18.0 Å². The summed E-state index contributed by atoms with van der Waals surface area (Å²) in [6.45, 7) is 0.702. The van der Waals surface area contributed by atoms with Gasteiger partial charge in [-0.15, -0.1) is 0 Å². The molecule has 9 heteroatoms. The molecule has 7 rings (SSSR count). The molecule has 0 radical (unpaired) electrons. The number of para-hydroxylation sites is 1. The number of fused-ring (bicyclic) bond motifs is 7. The van der Waals surface area contributed by atoms with Crippen LogP contribution >= 0.6 is 11.6 Å². The maximum atomic E-state index is 15.4. The van der Waals surface area contributed by atoms with Crippen LogP contribution in [-0.2, 0) is 16.8 Å². The molecule has 3 aliphatic rings. The van der Waals surface area contributed by atoms with Gasteiger partial charge in [0.05, 0.1) is 5.56 Å². The molecule has 0 aliphatic carbocycles. The van der Waals surface area contributed by atoms with Gasteiger partial charge < -0.3 is 14.4 Å². The highest BCUT2D eigenvalue weighted by atomic mass is 35.5. The second kappa shape index (κ2) is 7.49. The van der Waals surface area contributed by atoms with Crippen molar-refractivity contribution in [2.75, 3.05) is 11.4 Å². The van der Waals surface area contributed by atoms with E-state index in [4.69, 9.17) is 21.1 Å². The van der Waals surface area contributed by atoms with Gasteiger partial charge in [-0.05, 0) is 48.4 Å². The molecule has 1 spiro atoms. The molecule has 4 nitrogen and oxygen atoms in total. The quantitative estimate of drug-likeness (QED) is 0.115. The summed E-state index contributed by atoms with van der Waals surface area (Å²) in [5.74, 6) is -8.71. The third-order valence-corrected chi connectivity index (χ3v) is 7.39. The fourth-order valence-corrected chi connectivity index (χ4v) is 5.73. The lowest BCUT2D eigenvalue weighted by Gasteiger charge is -2.37. The highest BCUT2D eigenvalue weighted by Crippen LogP contribution is 2.58. The Kier molecular flexibility index (Phi) is 4.49. The number of nitrogens with zero attached hydrogens (tertiary/aromatic N) is 1. The predicted octanol–water partition coefficient (Wildman–Crippen LogP) is 7.16. The van der Waals surface area contributed by atoms with Gasteiger partial charge in [0.15, 0.2) is 28.9 Å². The molecule has 3 aliphatic heterocycles. The van der Waals surface area contributed by atoms with E-state index in [1.54, 1.807) is 18.2 Å². The van der Waals surface area contributed by atoms with E-state index < -0.39 is 46.0 Å². The first-order chi connectivity index (χ1) is 17.8. The largest absolute Gasteiger partial charge is 0.456 e. The SMILES string of the molecule is O=C1OC2(c3ccc(Cl)cc3Oc3cc(N4CCc5ccccc54)ccc32)c2c(F)c(F)c(F)c(F)c21. The molecule has 0 aromatic heterocycles. The van der Waals surface area contributed by atoms with Gasteiger partial charge in [-0.25, -0.2) is 22.4 Å². The van der Waals surface area contributed by atoms with E-state index in [0.29, 0.717) is 6.54 Å². The van der Waals surface area contributed by atoms with Crippen molar-refractivity contribution in [3.63, 3.8) is 0 Å². The van der Waals surface area contributed by atoms with Crippen LogP contribution in [0.1, 0.15) is 32.6 Å². The molecular formula is C28H14ClF4NO3. The number of esters is 1. The number of benzene rings is 4. The molecule has 4 aromatic carbocycles. The maximum Gasteiger partial charge on any atom is 0.343 e. The number of hydrogen-bond donors (Lipinski definition) is 0. The molecule has 1 unspecified atom stereocenters. The van der Waals surface area contributed by atoms with Crippen molar-refractivity contribution in [1.29, 1.82) is 0 Å². The van der Waals surface area contributed by atoms with Crippen molar-refractivity contribution in [2.45, 2.75) is 12.0 Å². The Morgan fingerprint density at radius 3 is 2.35 bits per heavy atom. The smallest absolute Gasteiger partial charge is 0.343 e. The predicted molar refractivity (Wildman–Crippen MR) is 127 cm³/mol. The average molecular weight is 524 g/mol. The van der Waals surface area contributed by atoms with E-state index >= 15 is 4.39 Å². The Morgan fingerprint density at radius 2 is 1.54 bits per heavy atom. The molecule has 37 heavy (non-hydrogen) atoms. The molecule has 0 bridgehead atoms. The second-order valence-corrected chi connectivity index (χ2v) is 9.47. The van der Waals surface area contributed by atoms with Gasteiger partial charge in [0, 0.05) is 40.1 Å². The second-order valence-electron chi connectivity index (χ2n) is 9.03. The fraction of sp³-hybridized carbons (Fsp3) is 0.107.